The molecule has 1 amide bonds. The van der Waals surface area contributed by atoms with Crippen LogP contribution in [-0.4, -0.2) is 22.1 Å². The number of carbonyl (C=O) groups excluding carboxylic acids is 1. The molecule has 3 N–H and O–H groups in total. The molecule has 23 heavy (non-hydrogen) atoms. The van der Waals surface area contributed by atoms with E-state index in [-0.39, 0.29) is 22.0 Å². The monoisotopic (exact) mass is 351 g/mol. The number of aromatic hydroxyl groups is 1. The van der Waals surface area contributed by atoms with Crippen LogP contribution < -0.4 is 5.32 Å². The van der Waals surface area contributed by atoms with Gasteiger partial charge in [0, 0.05) is 5.02 Å². The third kappa shape index (κ3) is 4.48. The molecule has 0 aromatic heterocycles. The number of carbonyl (C=O) groups is 2. The topological polar surface area (TPSA) is 86.6 Å². The predicted molar refractivity (Wildman–Crippen MR) is 87.6 cm³/mol. The second kappa shape index (κ2) is 7.17. The van der Waals surface area contributed by atoms with Crippen LogP contribution in [0, 0.1) is 0 Å². The van der Waals surface area contributed by atoms with Crippen molar-refractivity contribution in [3.05, 3.63) is 69.3 Å². The van der Waals surface area contributed by atoms with Crippen LogP contribution in [0.3, 0.4) is 0 Å². The van der Waals surface area contributed by atoms with Gasteiger partial charge in [-0.05, 0) is 42.0 Å². The van der Waals surface area contributed by atoms with Crippen LogP contribution in [0.2, 0.25) is 10.0 Å². The average molecular weight is 352 g/mol. The van der Waals surface area contributed by atoms with Gasteiger partial charge in [0.2, 0.25) is 0 Å². The number of carboxylic acids is 1. The summed E-state index contributed by atoms with van der Waals surface area (Å²) in [5, 5.41) is 21.2. The number of carboxylic acid groups (broad SMARTS) is 1. The van der Waals surface area contributed by atoms with Gasteiger partial charge in [-0.15, -0.1) is 0 Å². The SMILES string of the molecule is O=C(O)/C(=C\c1ccc(O)cc1)NC(=O)c1ccc(Cl)cc1Cl. The van der Waals surface area contributed by atoms with Gasteiger partial charge >= 0.3 is 5.97 Å². The van der Waals surface area contributed by atoms with Crippen molar-refractivity contribution in [1.82, 2.24) is 5.32 Å². The number of nitrogens with one attached hydrogen (secondary N) is 1. The summed E-state index contributed by atoms with van der Waals surface area (Å²) in [4.78, 5) is 23.4. The van der Waals surface area contributed by atoms with Crippen molar-refractivity contribution in [2.45, 2.75) is 0 Å². The highest BCUT2D eigenvalue weighted by molar-refractivity contribution is 6.36. The van der Waals surface area contributed by atoms with Gasteiger partial charge < -0.3 is 15.5 Å². The molecule has 0 unspecified atom stereocenters. The lowest BCUT2D eigenvalue weighted by molar-refractivity contribution is -0.132. The van der Waals surface area contributed by atoms with Crippen LogP contribution in [0.5, 0.6) is 5.75 Å². The molecular weight excluding hydrogens is 341 g/mol. The number of rotatable bonds is 4. The summed E-state index contributed by atoms with van der Waals surface area (Å²) < 4.78 is 0. The van der Waals surface area contributed by atoms with Gasteiger partial charge in [-0.2, -0.15) is 0 Å². The van der Waals surface area contributed by atoms with E-state index in [1.165, 1.54) is 48.5 Å². The van der Waals surface area contributed by atoms with Crippen molar-refractivity contribution in [3.63, 3.8) is 0 Å². The first-order chi connectivity index (χ1) is 10.9. The van der Waals surface area contributed by atoms with Crippen LogP contribution in [-0.2, 0) is 4.79 Å². The molecule has 0 saturated heterocycles. The van der Waals surface area contributed by atoms with E-state index < -0.39 is 11.9 Å². The highest BCUT2D eigenvalue weighted by Gasteiger charge is 2.16. The summed E-state index contributed by atoms with van der Waals surface area (Å²) in [6.45, 7) is 0. The number of phenolic OH excluding ortho intramolecular Hbond substituents is 1. The molecular formula is C16H11Cl2NO4. The summed E-state index contributed by atoms with van der Waals surface area (Å²) in [6, 6.07) is 10.1. The van der Waals surface area contributed by atoms with E-state index in [0.29, 0.717) is 10.6 Å². The number of benzene rings is 2. The molecule has 7 heteroatoms. The predicted octanol–water partition coefficient (Wildman–Crippen LogP) is 3.55. The lowest BCUT2D eigenvalue weighted by atomic mass is 10.1. The van der Waals surface area contributed by atoms with Crippen LogP contribution in [0.4, 0.5) is 0 Å². The zero-order valence-corrected chi connectivity index (χ0v) is 13.1. The Morgan fingerprint density at radius 2 is 1.70 bits per heavy atom. The highest BCUT2D eigenvalue weighted by Crippen LogP contribution is 2.21. The smallest absolute Gasteiger partial charge is 0.352 e. The van der Waals surface area contributed by atoms with E-state index in [9.17, 15) is 19.8 Å². The molecule has 0 atom stereocenters. The Bertz CT molecular complexity index is 785. The average Bonchev–Trinajstić information content (AvgIpc) is 2.48. The van der Waals surface area contributed by atoms with Gasteiger partial charge in [-0.25, -0.2) is 4.79 Å². The Morgan fingerprint density at radius 1 is 1.04 bits per heavy atom. The molecule has 2 aromatic rings. The molecule has 2 rings (SSSR count). The highest BCUT2D eigenvalue weighted by atomic mass is 35.5. The molecule has 2 aromatic carbocycles. The number of amides is 1. The number of aliphatic carboxylic acids is 1. The maximum Gasteiger partial charge on any atom is 0.352 e. The number of hydrogen-bond donors (Lipinski definition) is 3. The Balaban J connectivity index is 2.27. The standard InChI is InChI=1S/C16H11Cl2NO4/c17-10-3-6-12(13(18)8-10)15(21)19-14(16(22)23)7-9-1-4-11(20)5-2-9/h1-8,20H,(H,19,21)(H,22,23)/b14-7+. The molecule has 0 radical (unpaired) electrons. The Kier molecular flexibility index (Phi) is 5.26. The van der Waals surface area contributed by atoms with Crippen molar-refractivity contribution >= 4 is 41.2 Å². The molecule has 0 heterocycles. The molecule has 0 spiro atoms. The fraction of sp³-hybridized carbons (Fsp3) is 0. The second-order valence-corrected chi connectivity index (χ2v) is 5.38. The minimum Gasteiger partial charge on any atom is -0.508 e. The van der Waals surface area contributed by atoms with Gasteiger partial charge in [0.05, 0.1) is 10.6 Å². The third-order valence-corrected chi connectivity index (χ3v) is 3.41. The second-order valence-electron chi connectivity index (χ2n) is 4.53. The maximum atomic E-state index is 12.2. The van der Waals surface area contributed by atoms with E-state index in [2.05, 4.69) is 5.32 Å². The third-order valence-electron chi connectivity index (χ3n) is 2.86. The van der Waals surface area contributed by atoms with E-state index >= 15 is 0 Å². The van der Waals surface area contributed by atoms with Gasteiger partial charge in [0.25, 0.3) is 5.91 Å². The quantitative estimate of drug-likeness (QED) is 0.735. The minimum absolute atomic E-state index is 0.0519. The molecule has 118 valence electrons. The Morgan fingerprint density at radius 3 is 2.26 bits per heavy atom. The van der Waals surface area contributed by atoms with Crippen molar-refractivity contribution in [3.8, 4) is 5.75 Å². The van der Waals surface area contributed by atoms with Crippen LogP contribution in [0.1, 0.15) is 15.9 Å². The lowest BCUT2D eigenvalue weighted by Gasteiger charge is -2.08. The fourth-order valence-electron chi connectivity index (χ4n) is 1.75. The summed E-state index contributed by atoms with van der Waals surface area (Å²) in [6.07, 6.45) is 1.27. The molecule has 0 fully saturated rings. The summed E-state index contributed by atoms with van der Waals surface area (Å²) in [5.74, 6) is -1.92. The van der Waals surface area contributed by atoms with Crippen LogP contribution in [0.25, 0.3) is 6.08 Å². The summed E-state index contributed by atoms with van der Waals surface area (Å²) >= 11 is 11.7. The molecule has 0 aliphatic heterocycles. The van der Waals surface area contributed by atoms with Crippen molar-refractivity contribution in [2.24, 2.45) is 0 Å². The Hall–Kier alpha value is -2.50. The Labute approximate surface area is 141 Å². The van der Waals surface area contributed by atoms with Crippen molar-refractivity contribution < 1.29 is 19.8 Å². The molecule has 0 aliphatic carbocycles. The first-order valence-electron chi connectivity index (χ1n) is 6.37. The van der Waals surface area contributed by atoms with Crippen LogP contribution in [0.15, 0.2) is 48.2 Å². The van der Waals surface area contributed by atoms with Gasteiger partial charge in [-0.3, -0.25) is 4.79 Å². The zero-order valence-electron chi connectivity index (χ0n) is 11.6. The number of halogens is 2. The maximum absolute atomic E-state index is 12.2. The minimum atomic E-state index is -1.31. The zero-order chi connectivity index (χ0) is 17.0. The lowest BCUT2D eigenvalue weighted by Crippen LogP contribution is -2.27. The van der Waals surface area contributed by atoms with Crippen molar-refractivity contribution in [2.75, 3.05) is 0 Å². The molecule has 0 bridgehead atoms. The van der Waals surface area contributed by atoms with E-state index in [0.717, 1.165) is 0 Å². The molecule has 0 saturated carbocycles. The van der Waals surface area contributed by atoms with E-state index in [1.54, 1.807) is 0 Å². The van der Waals surface area contributed by atoms with Crippen molar-refractivity contribution in [1.29, 1.82) is 0 Å². The summed E-state index contributed by atoms with van der Waals surface area (Å²) in [5.41, 5.74) is 0.281. The van der Waals surface area contributed by atoms with Gasteiger partial charge in [0.15, 0.2) is 0 Å². The normalized spacial score (nSPS) is 11.1. The van der Waals surface area contributed by atoms with Gasteiger partial charge in [-0.1, -0.05) is 35.3 Å². The largest absolute Gasteiger partial charge is 0.508 e. The van der Waals surface area contributed by atoms with E-state index in [4.69, 9.17) is 23.2 Å². The molecule has 5 nitrogen and oxygen atoms in total. The van der Waals surface area contributed by atoms with Gasteiger partial charge in [0.1, 0.15) is 11.4 Å². The first-order valence-corrected chi connectivity index (χ1v) is 7.13. The number of phenols is 1. The summed E-state index contributed by atoms with van der Waals surface area (Å²) in [7, 11) is 0. The first kappa shape index (κ1) is 16.9. The van der Waals surface area contributed by atoms with Crippen LogP contribution >= 0.6 is 23.2 Å². The van der Waals surface area contributed by atoms with E-state index in [1.807, 2.05) is 0 Å². The molecule has 0 aliphatic rings. The fourth-order valence-corrected chi connectivity index (χ4v) is 2.25. The number of hydrogen-bond acceptors (Lipinski definition) is 3.